The third kappa shape index (κ3) is 3.96. The maximum absolute atomic E-state index is 12.3. The van der Waals surface area contributed by atoms with Crippen LogP contribution in [-0.2, 0) is 11.8 Å². The molecule has 2 heterocycles. The van der Waals surface area contributed by atoms with Crippen molar-refractivity contribution >= 4 is 72.3 Å². The molecule has 5 nitrogen and oxygen atoms in total. The lowest BCUT2D eigenvalue weighted by molar-refractivity contribution is -0.113. The van der Waals surface area contributed by atoms with E-state index in [1.807, 2.05) is 29.8 Å². The number of hydrogen-bond donors (Lipinski definition) is 1. The number of carbonyl (C=O) groups excluding carboxylic acids is 1. The maximum atomic E-state index is 12.3. The topological polar surface area (TPSA) is 59.8 Å². The smallest absolute Gasteiger partial charge is 0.234 e. The molecule has 0 aliphatic carbocycles. The molecule has 0 radical (unpaired) electrons. The molecule has 2 aromatic heterocycles. The zero-order valence-corrected chi connectivity index (χ0v) is 18.6. The van der Waals surface area contributed by atoms with Crippen molar-refractivity contribution in [1.82, 2.24) is 14.8 Å². The highest BCUT2D eigenvalue weighted by Gasteiger charge is 2.16. The van der Waals surface area contributed by atoms with Crippen LogP contribution in [0, 0.1) is 0 Å². The van der Waals surface area contributed by atoms with E-state index in [0.29, 0.717) is 15.9 Å². The number of halogens is 2. The Kier molecular flexibility index (Phi) is 5.73. The SMILES string of the molecule is Cn1c(SCC(=O)Nc2ccc(Br)cc2Cl)nnc1-c1csc2ccccc12. The number of amides is 1. The second-order valence-corrected chi connectivity index (χ2v) is 9.15. The van der Waals surface area contributed by atoms with Crippen LogP contribution >= 0.6 is 50.6 Å². The van der Waals surface area contributed by atoms with Gasteiger partial charge in [0.1, 0.15) is 0 Å². The fraction of sp³-hybridized carbons (Fsp3) is 0.105. The molecule has 142 valence electrons. The largest absolute Gasteiger partial charge is 0.324 e. The summed E-state index contributed by atoms with van der Waals surface area (Å²) in [7, 11) is 1.91. The van der Waals surface area contributed by atoms with E-state index in [1.54, 1.807) is 23.5 Å². The number of thioether (sulfide) groups is 1. The third-order valence-corrected chi connectivity index (χ3v) is 6.88. The Bertz CT molecular complexity index is 1170. The number of anilines is 1. The van der Waals surface area contributed by atoms with Crippen molar-refractivity contribution in [3.63, 3.8) is 0 Å². The Balaban J connectivity index is 1.47. The number of hydrogen-bond acceptors (Lipinski definition) is 5. The van der Waals surface area contributed by atoms with E-state index in [9.17, 15) is 4.79 Å². The van der Waals surface area contributed by atoms with Crippen LogP contribution in [0.4, 0.5) is 5.69 Å². The Morgan fingerprint density at radius 3 is 2.93 bits per heavy atom. The fourth-order valence-corrected chi connectivity index (χ4v) is 5.10. The first-order chi connectivity index (χ1) is 13.5. The van der Waals surface area contributed by atoms with E-state index >= 15 is 0 Å². The molecule has 0 bridgehead atoms. The maximum Gasteiger partial charge on any atom is 0.234 e. The van der Waals surface area contributed by atoms with Gasteiger partial charge in [0.25, 0.3) is 0 Å². The molecule has 0 saturated carbocycles. The molecule has 0 atom stereocenters. The first-order valence-electron chi connectivity index (χ1n) is 8.26. The van der Waals surface area contributed by atoms with Gasteiger partial charge < -0.3 is 9.88 Å². The van der Waals surface area contributed by atoms with E-state index in [0.717, 1.165) is 21.2 Å². The van der Waals surface area contributed by atoms with Gasteiger partial charge in [0, 0.05) is 32.6 Å². The van der Waals surface area contributed by atoms with Gasteiger partial charge in [-0.25, -0.2) is 0 Å². The van der Waals surface area contributed by atoms with Gasteiger partial charge in [0.15, 0.2) is 11.0 Å². The minimum absolute atomic E-state index is 0.153. The van der Waals surface area contributed by atoms with Crippen molar-refractivity contribution < 1.29 is 4.79 Å². The standard InChI is InChI=1S/C19H14BrClN4OS2/c1-25-18(13-9-27-16-5-3-2-4-12(13)16)23-24-19(25)28-10-17(26)22-15-7-6-11(20)8-14(15)21/h2-9H,10H2,1H3,(H,22,26). The number of benzene rings is 2. The zero-order chi connectivity index (χ0) is 19.7. The van der Waals surface area contributed by atoms with Gasteiger partial charge in [-0.1, -0.05) is 57.5 Å². The molecule has 4 aromatic rings. The molecule has 0 spiro atoms. The van der Waals surface area contributed by atoms with Crippen LogP contribution in [0.15, 0.2) is 57.5 Å². The predicted octanol–water partition coefficient (Wildman–Crippen LogP) is 5.84. The predicted molar refractivity (Wildman–Crippen MR) is 120 cm³/mol. The Morgan fingerprint density at radius 1 is 1.29 bits per heavy atom. The summed E-state index contributed by atoms with van der Waals surface area (Å²) in [5, 5.41) is 15.8. The van der Waals surface area contributed by atoms with Crippen molar-refractivity contribution in [2.75, 3.05) is 11.1 Å². The number of nitrogens with zero attached hydrogens (tertiary/aromatic N) is 3. The van der Waals surface area contributed by atoms with Crippen LogP contribution < -0.4 is 5.32 Å². The lowest BCUT2D eigenvalue weighted by atomic mass is 10.2. The third-order valence-electron chi connectivity index (χ3n) is 4.09. The molecule has 28 heavy (non-hydrogen) atoms. The van der Waals surface area contributed by atoms with Gasteiger partial charge in [-0.3, -0.25) is 4.79 Å². The Labute approximate surface area is 183 Å². The zero-order valence-electron chi connectivity index (χ0n) is 14.6. The van der Waals surface area contributed by atoms with E-state index in [2.05, 4.69) is 49.0 Å². The molecular weight excluding hydrogens is 480 g/mol. The normalized spacial score (nSPS) is 11.1. The second-order valence-electron chi connectivity index (χ2n) is 5.97. The number of aromatic nitrogens is 3. The fourth-order valence-electron chi connectivity index (χ4n) is 2.73. The molecule has 1 N–H and O–H groups in total. The molecule has 2 aromatic carbocycles. The Morgan fingerprint density at radius 2 is 2.11 bits per heavy atom. The number of carbonyl (C=O) groups is 1. The lowest BCUT2D eigenvalue weighted by Crippen LogP contribution is -2.14. The summed E-state index contributed by atoms with van der Waals surface area (Å²) in [5.41, 5.74) is 1.63. The van der Waals surface area contributed by atoms with Gasteiger partial charge in [-0.2, -0.15) is 0 Å². The summed E-state index contributed by atoms with van der Waals surface area (Å²) < 4.78 is 3.98. The quantitative estimate of drug-likeness (QED) is 0.355. The van der Waals surface area contributed by atoms with Crippen molar-refractivity contribution in [3.8, 4) is 11.4 Å². The summed E-state index contributed by atoms with van der Waals surface area (Å²) in [6, 6.07) is 13.5. The monoisotopic (exact) mass is 492 g/mol. The Hall–Kier alpha value is -1.87. The average molecular weight is 494 g/mol. The number of nitrogens with one attached hydrogen (secondary N) is 1. The van der Waals surface area contributed by atoms with E-state index in [4.69, 9.17) is 11.6 Å². The van der Waals surface area contributed by atoms with Crippen LogP contribution in [0.5, 0.6) is 0 Å². The highest BCUT2D eigenvalue weighted by atomic mass is 79.9. The summed E-state index contributed by atoms with van der Waals surface area (Å²) in [6.45, 7) is 0. The number of thiophene rings is 1. The molecule has 0 aliphatic rings. The van der Waals surface area contributed by atoms with Crippen LogP contribution in [0.25, 0.3) is 21.5 Å². The van der Waals surface area contributed by atoms with Gasteiger partial charge in [-0.05, 0) is 24.3 Å². The van der Waals surface area contributed by atoms with Crippen molar-refractivity contribution in [3.05, 3.63) is 57.3 Å². The van der Waals surface area contributed by atoms with Crippen LogP contribution in [0.2, 0.25) is 5.02 Å². The molecule has 0 fully saturated rings. The minimum Gasteiger partial charge on any atom is -0.324 e. The summed E-state index contributed by atoms with van der Waals surface area (Å²) in [6.07, 6.45) is 0. The van der Waals surface area contributed by atoms with Crippen molar-refractivity contribution in [1.29, 1.82) is 0 Å². The van der Waals surface area contributed by atoms with Gasteiger partial charge in [0.05, 0.1) is 16.5 Å². The lowest BCUT2D eigenvalue weighted by Gasteiger charge is -2.07. The molecule has 1 amide bonds. The first-order valence-corrected chi connectivity index (χ1v) is 11.3. The second kappa shape index (κ2) is 8.24. The van der Waals surface area contributed by atoms with Crippen LogP contribution in [-0.4, -0.2) is 26.4 Å². The van der Waals surface area contributed by atoms with E-state index in [1.165, 1.54) is 16.5 Å². The number of rotatable bonds is 5. The average Bonchev–Trinajstić information content (AvgIpc) is 3.25. The molecule has 0 saturated heterocycles. The molecule has 4 rings (SSSR count). The molecule has 0 unspecified atom stereocenters. The molecule has 0 aliphatic heterocycles. The molecule has 9 heteroatoms. The summed E-state index contributed by atoms with van der Waals surface area (Å²) in [5.74, 6) is 0.846. The van der Waals surface area contributed by atoms with Crippen molar-refractivity contribution in [2.24, 2.45) is 7.05 Å². The van der Waals surface area contributed by atoms with Crippen LogP contribution in [0.3, 0.4) is 0 Å². The van der Waals surface area contributed by atoms with Crippen molar-refractivity contribution in [2.45, 2.75) is 5.16 Å². The summed E-state index contributed by atoms with van der Waals surface area (Å²) >= 11 is 12.5. The van der Waals surface area contributed by atoms with Gasteiger partial charge in [0.2, 0.25) is 5.91 Å². The van der Waals surface area contributed by atoms with Crippen LogP contribution in [0.1, 0.15) is 0 Å². The molecular formula is C19H14BrClN4OS2. The van der Waals surface area contributed by atoms with E-state index in [-0.39, 0.29) is 11.7 Å². The first kappa shape index (κ1) is 19.4. The summed E-state index contributed by atoms with van der Waals surface area (Å²) in [4.78, 5) is 12.3. The van der Waals surface area contributed by atoms with Gasteiger partial charge in [-0.15, -0.1) is 21.5 Å². The highest BCUT2D eigenvalue weighted by molar-refractivity contribution is 9.10. The minimum atomic E-state index is -0.153. The van der Waals surface area contributed by atoms with Gasteiger partial charge >= 0.3 is 0 Å². The number of fused-ring (bicyclic) bond motifs is 1. The highest BCUT2D eigenvalue weighted by Crippen LogP contribution is 2.34. The van der Waals surface area contributed by atoms with E-state index < -0.39 is 0 Å².